The van der Waals surface area contributed by atoms with Gasteiger partial charge in [-0.15, -0.1) is 0 Å². The van der Waals surface area contributed by atoms with E-state index in [1.165, 1.54) is 13.2 Å². The number of nitro benzene ring substituents is 1. The van der Waals surface area contributed by atoms with Crippen LogP contribution in [-0.4, -0.2) is 68.1 Å². The SMILES string of the molecule is CO[C@@H](CC[Se]c1ccccc1[N+](=O)[O-])[C@@H](O)[C@@H]1C(=O)O[C@]2([C@]3(C#N)C[C@H](C)CO3)[C@H]1CC2(C)C. The van der Waals surface area contributed by atoms with E-state index in [4.69, 9.17) is 14.2 Å². The number of carbonyl (C=O) groups excluding carboxylic acids is 1. The summed E-state index contributed by atoms with van der Waals surface area (Å²) in [4.78, 5) is 24.1. The third kappa shape index (κ3) is 3.98. The number of esters is 1. The molecule has 2 heterocycles. The van der Waals surface area contributed by atoms with E-state index in [-0.39, 0.29) is 37.4 Å². The fourth-order valence-corrected chi connectivity index (χ4v) is 8.67. The number of hydrogen-bond donors (Lipinski definition) is 1. The zero-order chi connectivity index (χ0) is 25.6. The zero-order valence-electron chi connectivity index (χ0n) is 20.4. The number of carbonyl (C=O) groups is 1. The normalized spacial score (nSPS) is 34.9. The van der Waals surface area contributed by atoms with Crippen LogP contribution in [0.3, 0.4) is 0 Å². The molecule has 0 aromatic heterocycles. The summed E-state index contributed by atoms with van der Waals surface area (Å²) >= 11 is -0.197. The Hall–Kier alpha value is -2.02. The van der Waals surface area contributed by atoms with Crippen LogP contribution in [0.5, 0.6) is 0 Å². The van der Waals surface area contributed by atoms with Crippen LogP contribution < -0.4 is 4.46 Å². The van der Waals surface area contributed by atoms with Crippen molar-refractivity contribution in [2.45, 2.75) is 68.8 Å². The molecule has 7 atom stereocenters. The number of fused-ring (bicyclic) bond motifs is 1. The van der Waals surface area contributed by atoms with Gasteiger partial charge in [0.2, 0.25) is 0 Å². The molecule has 190 valence electrons. The monoisotopic (exact) mass is 552 g/mol. The van der Waals surface area contributed by atoms with E-state index in [0.29, 0.717) is 35.7 Å². The molecule has 0 radical (unpaired) electrons. The number of methoxy groups -OCH3 is 1. The Balaban J connectivity index is 1.51. The first-order chi connectivity index (χ1) is 16.5. The third-order valence-corrected chi connectivity index (χ3v) is 10.3. The van der Waals surface area contributed by atoms with Crippen molar-refractivity contribution < 1.29 is 29.0 Å². The summed E-state index contributed by atoms with van der Waals surface area (Å²) < 4.78 is 18.4. The van der Waals surface area contributed by atoms with Crippen molar-refractivity contribution in [3.63, 3.8) is 0 Å². The minimum atomic E-state index is -1.24. The molecule has 1 aromatic rings. The first kappa shape index (κ1) is 26.1. The Morgan fingerprint density at radius 1 is 1.37 bits per heavy atom. The predicted octanol–water partition coefficient (Wildman–Crippen LogP) is 2.39. The molecular formula is C25H32N2O7Se. The summed E-state index contributed by atoms with van der Waals surface area (Å²) in [6.07, 6.45) is -0.220. The average Bonchev–Trinajstić information content (AvgIpc) is 3.33. The van der Waals surface area contributed by atoms with Gasteiger partial charge in [0.15, 0.2) is 0 Å². The van der Waals surface area contributed by atoms with Gasteiger partial charge < -0.3 is 0 Å². The Kier molecular flexibility index (Phi) is 7.04. The Bertz CT molecular complexity index is 1040. The van der Waals surface area contributed by atoms with Crippen molar-refractivity contribution in [2.75, 3.05) is 13.7 Å². The van der Waals surface area contributed by atoms with Crippen molar-refractivity contribution >= 4 is 31.1 Å². The maximum atomic E-state index is 13.2. The molecule has 0 spiro atoms. The van der Waals surface area contributed by atoms with E-state index in [1.807, 2.05) is 20.8 Å². The Morgan fingerprint density at radius 2 is 2.09 bits per heavy atom. The molecule has 1 saturated carbocycles. The molecule has 3 aliphatic rings. The first-order valence-corrected chi connectivity index (χ1v) is 14.0. The van der Waals surface area contributed by atoms with Crippen molar-refractivity contribution in [3.8, 4) is 6.07 Å². The van der Waals surface area contributed by atoms with Gasteiger partial charge in [-0.2, -0.15) is 0 Å². The Labute approximate surface area is 211 Å². The van der Waals surface area contributed by atoms with Gasteiger partial charge in [-0.25, -0.2) is 0 Å². The molecule has 2 saturated heterocycles. The van der Waals surface area contributed by atoms with Crippen LogP contribution >= 0.6 is 0 Å². The van der Waals surface area contributed by atoms with Crippen molar-refractivity contribution in [1.82, 2.24) is 0 Å². The van der Waals surface area contributed by atoms with Gasteiger partial charge in [-0.05, 0) is 0 Å². The molecule has 35 heavy (non-hydrogen) atoms. The summed E-state index contributed by atoms with van der Waals surface area (Å²) in [6.45, 7) is 6.41. The number of nitro groups is 1. The van der Waals surface area contributed by atoms with Crippen molar-refractivity contribution in [1.29, 1.82) is 5.26 Å². The number of nitrogens with zero attached hydrogens (tertiary/aromatic N) is 2. The fourth-order valence-electron chi connectivity index (χ4n) is 6.49. The molecular weight excluding hydrogens is 519 g/mol. The second-order valence-electron chi connectivity index (χ2n) is 10.6. The second-order valence-corrected chi connectivity index (χ2v) is 12.9. The molecule has 10 heteroatoms. The van der Waals surface area contributed by atoms with Crippen molar-refractivity contribution in [2.24, 2.45) is 23.2 Å². The maximum absolute atomic E-state index is 13.2. The molecule has 9 nitrogen and oxygen atoms in total. The van der Waals surface area contributed by atoms with E-state index in [2.05, 4.69) is 6.07 Å². The van der Waals surface area contributed by atoms with E-state index in [1.54, 1.807) is 18.2 Å². The van der Waals surface area contributed by atoms with Gasteiger partial charge in [0, 0.05) is 0 Å². The standard InChI is InChI=1S/C25H32N2O7Se/c1-15-11-24(14-26,33-13-15)25-16(12-23(25,2)3)20(22(29)34-25)21(28)18(32-4)9-10-35-19-8-6-5-7-17(19)27(30)31/h5-8,15-16,18,20-21,28H,9-13H2,1-4H3/t15-,16-,18-,20+,21+,24+,25+/m0/s1. The average molecular weight is 551 g/mol. The second kappa shape index (κ2) is 9.45. The first-order valence-electron chi connectivity index (χ1n) is 11.9. The summed E-state index contributed by atoms with van der Waals surface area (Å²) in [6, 6.07) is 9.00. The van der Waals surface area contributed by atoms with E-state index < -0.39 is 40.7 Å². The third-order valence-electron chi connectivity index (χ3n) is 8.03. The molecule has 0 bridgehead atoms. The number of aliphatic hydroxyl groups excluding tert-OH is 1. The van der Waals surface area contributed by atoms with Crippen LogP contribution in [0.15, 0.2) is 24.3 Å². The number of aliphatic hydroxyl groups is 1. The van der Waals surface area contributed by atoms with Gasteiger partial charge in [0.05, 0.1) is 0 Å². The van der Waals surface area contributed by atoms with E-state index in [0.717, 1.165) is 0 Å². The molecule has 1 aromatic carbocycles. The predicted molar refractivity (Wildman–Crippen MR) is 127 cm³/mol. The number of nitriles is 1. The van der Waals surface area contributed by atoms with Gasteiger partial charge in [-0.1, -0.05) is 0 Å². The topological polar surface area (TPSA) is 132 Å². The van der Waals surface area contributed by atoms with Crippen LogP contribution in [0.4, 0.5) is 5.69 Å². The zero-order valence-corrected chi connectivity index (χ0v) is 22.1. The van der Waals surface area contributed by atoms with Crippen LogP contribution in [-0.2, 0) is 19.0 Å². The Morgan fingerprint density at radius 3 is 2.66 bits per heavy atom. The van der Waals surface area contributed by atoms with Gasteiger partial charge in [0.25, 0.3) is 0 Å². The number of ether oxygens (including phenoxy) is 3. The molecule has 4 rings (SSSR count). The fraction of sp³-hybridized carbons (Fsp3) is 0.680. The number of para-hydroxylation sites is 1. The minimum absolute atomic E-state index is 0.0930. The molecule has 0 amide bonds. The van der Waals surface area contributed by atoms with Crippen LogP contribution in [0.25, 0.3) is 0 Å². The summed E-state index contributed by atoms with van der Waals surface area (Å²) in [5.41, 5.74) is -2.73. The quantitative estimate of drug-likeness (QED) is 0.214. The van der Waals surface area contributed by atoms with Gasteiger partial charge in [0.1, 0.15) is 0 Å². The number of rotatable bonds is 9. The van der Waals surface area contributed by atoms with Crippen molar-refractivity contribution in [3.05, 3.63) is 34.4 Å². The van der Waals surface area contributed by atoms with Crippen LogP contribution in [0.1, 0.15) is 40.0 Å². The molecule has 1 aliphatic carbocycles. The molecule has 2 aliphatic heterocycles. The molecule has 3 fully saturated rings. The summed E-state index contributed by atoms with van der Waals surface area (Å²) in [5.74, 6) is -1.53. The van der Waals surface area contributed by atoms with Crippen LogP contribution in [0, 0.1) is 44.6 Å². The number of hydrogen-bond acceptors (Lipinski definition) is 8. The molecule has 1 N–H and O–H groups in total. The van der Waals surface area contributed by atoms with Gasteiger partial charge in [-0.3, -0.25) is 0 Å². The summed E-state index contributed by atoms with van der Waals surface area (Å²) in [5, 5.41) is 33.4. The summed E-state index contributed by atoms with van der Waals surface area (Å²) in [7, 11) is 1.49. The van der Waals surface area contributed by atoms with Crippen LogP contribution in [0.2, 0.25) is 5.32 Å². The van der Waals surface area contributed by atoms with Gasteiger partial charge >= 0.3 is 211 Å². The molecule has 0 unspecified atom stereocenters. The van der Waals surface area contributed by atoms with E-state index >= 15 is 0 Å². The van der Waals surface area contributed by atoms with E-state index in [9.17, 15) is 25.3 Å². The number of benzene rings is 1.